The van der Waals surface area contributed by atoms with E-state index < -0.39 is 0 Å². The van der Waals surface area contributed by atoms with E-state index in [4.69, 9.17) is 4.98 Å². The maximum atomic E-state index is 4.83. The Balaban J connectivity index is 1.72. The molecule has 1 fully saturated rings. The zero-order chi connectivity index (χ0) is 14.7. The van der Waals surface area contributed by atoms with Crippen LogP contribution in [0.3, 0.4) is 0 Å². The molecule has 1 aromatic carbocycles. The molecule has 0 bridgehead atoms. The number of nitrogens with one attached hydrogen (secondary N) is 1. The molecular weight excluding hydrogens is 278 g/mol. The van der Waals surface area contributed by atoms with Gasteiger partial charge in [-0.3, -0.25) is 0 Å². The smallest absolute Gasteiger partial charge is 0.123 e. The highest BCUT2D eigenvalue weighted by atomic mass is 32.2. The lowest BCUT2D eigenvalue weighted by molar-refractivity contribution is 0.501. The number of nitrogens with zero attached hydrogens (tertiary/aromatic N) is 2. The van der Waals surface area contributed by atoms with Gasteiger partial charge in [0.1, 0.15) is 5.82 Å². The Labute approximate surface area is 131 Å². The number of rotatable bonds is 6. The first-order valence-corrected chi connectivity index (χ1v) is 9.31. The van der Waals surface area contributed by atoms with Crippen molar-refractivity contribution in [1.29, 1.82) is 0 Å². The zero-order valence-electron chi connectivity index (χ0n) is 13.0. The zero-order valence-corrected chi connectivity index (χ0v) is 13.8. The van der Waals surface area contributed by atoms with Crippen molar-refractivity contribution in [3.05, 3.63) is 30.1 Å². The summed E-state index contributed by atoms with van der Waals surface area (Å²) in [5, 5.41) is 4.57. The maximum Gasteiger partial charge on any atom is 0.123 e. The molecule has 1 heterocycles. The molecule has 2 unspecified atom stereocenters. The normalized spacial score (nSPS) is 22.2. The molecule has 0 amide bonds. The van der Waals surface area contributed by atoms with Crippen molar-refractivity contribution >= 4 is 22.8 Å². The highest BCUT2D eigenvalue weighted by Crippen LogP contribution is 2.28. The fraction of sp³-hybridized carbons (Fsp3) is 0.588. The van der Waals surface area contributed by atoms with Gasteiger partial charge in [-0.1, -0.05) is 19.1 Å². The lowest BCUT2D eigenvalue weighted by Crippen LogP contribution is -2.27. The van der Waals surface area contributed by atoms with Gasteiger partial charge in [-0.05, 0) is 44.1 Å². The molecule has 1 N–H and O–H groups in total. The van der Waals surface area contributed by atoms with Crippen molar-refractivity contribution < 1.29 is 0 Å². The predicted molar refractivity (Wildman–Crippen MR) is 91.8 cm³/mol. The van der Waals surface area contributed by atoms with E-state index in [2.05, 4.69) is 47.3 Å². The van der Waals surface area contributed by atoms with Crippen LogP contribution in [-0.2, 0) is 13.1 Å². The summed E-state index contributed by atoms with van der Waals surface area (Å²) in [6.07, 6.45) is 7.33. The van der Waals surface area contributed by atoms with Crippen LogP contribution in [0, 0.1) is 0 Å². The number of aryl methyl sites for hydroxylation is 1. The van der Waals surface area contributed by atoms with Crippen molar-refractivity contribution in [2.45, 2.75) is 57.0 Å². The van der Waals surface area contributed by atoms with Crippen molar-refractivity contribution in [3.8, 4) is 0 Å². The summed E-state index contributed by atoms with van der Waals surface area (Å²) in [6, 6.07) is 9.14. The molecule has 1 saturated carbocycles. The van der Waals surface area contributed by atoms with Gasteiger partial charge in [0.25, 0.3) is 0 Å². The van der Waals surface area contributed by atoms with Crippen LogP contribution in [0.5, 0.6) is 0 Å². The van der Waals surface area contributed by atoms with E-state index in [1.807, 2.05) is 11.8 Å². The van der Waals surface area contributed by atoms with E-state index in [1.54, 1.807) is 0 Å². The Morgan fingerprint density at radius 2 is 2.19 bits per heavy atom. The Morgan fingerprint density at radius 1 is 1.33 bits per heavy atom. The van der Waals surface area contributed by atoms with Crippen LogP contribution in [0.15, 0.2) is 24.3 Å². The van der Waals surface area contributed by atoms with Crippen LogP contribution < -0.4 is 5.32 Å². The topological polar surface area (TPSA) is 29.9 Å². The van der Waals surface area contributed by atoms with Crippen LogP contribution in [0.1, 0.15) is 38.4 Å². The van der Waals surface area contributed by atoms with E-state index in [9.17, 15) is 0 Å². The van der Waals surface area contributed by atoms with Gasteiger partial charge in [-0.25, -0.2) is 4.98 Å². The van der Waals surface area contributed by atoms with Crippen LogP contribution in [0.25, 0.3) is 11.0 Å². The van der Waals surface area contributed by atoms with E-state index in [0.29, 0.717) is 6.04 Å². The Kier molecular flexibility index (Phi) is 4.86. The lowest BCUT2D eigenvalue weighted by atomic mass is 10.2. The number of thioether (sulfide) groups is 1. The second kappa shape index (κ2) is 6.84. The van der Waals surface area contributed by atoms with Crippen molar-refractivity contribution in [2.24, 2.45) is 0 Å². The van der Waals surface area contributed by atoms with Crippen molar-refractivity contribution in [3.63, 3.8) is 0 Å². The predicted octanol–water partition coefficient (Wildman–Crippen LogP) is 3.82. The SMILES string of the molecule is CCCn1c(CNC2CCC(SC)C2)nc2ccccc21. The third-order valence-corrected chi connectivity index (χ3v) is 5.54. The Morgan fingerprint density at radius 3 is 2.95 bits per heavy atom. The summed E-state index contributed by atoms with van der Waals surface area (Å²) < 4.78 is 2.38. The van der Waals surface area contributed by atoms with E-state index >= 15 is 0 Å². The highest BCUT2D eigenvalue weighted by molar-refractivity contribution is 7.99. The summed E-state index contributed by atoms with van der Waals surface area (Å²) in [6.45, 7) is 4.17. The number of para-hydroxylation sites is 2. The summed E-state index contributed by atoms with van der Waals surface area (Å²) in [5.41, 5.74) is 2.39. The van der Waals surface area contributed by atoms with Crippen LogP contribution >= 0.6 is 11.8 Å². The van der Waals surface area contributed by atoms with Crippen molar-refractivity contribution in [1.82, 2.24) is 14.9 Å². The number of aromatic nitrogens is 2. The van der Waals surface area contributed by atoms with Crippen molar-refractivity contribution in [2.75, 3.05) is 6.26 Å². The molecular formula is C17H25N3S. The molecule has 1 aliphatic carbocycles. The van der Waals surface area contributed by atoms with E-state index in [1.165, 1.54) is 30.6 Å². The quantitative estimate of drug-likeness (QED) is 0.880. The van der Waals surface area contributed by atoms with Gasteiger partial charge in [0.2, 0.25) is 0 Å². The first kappa shape index (κ1) is 14.9. The van der Waals surface area contributed by atoms with E-state index in [-0.39, 0.29) is 0 Å². The number of hydrogen-bond acceptors (Lipinski definition) is 3. The second-order valence-corrected chi connectivity index (χ2v) is 7.06. The fourth-order valence-electron chi connectivity index (χ4n) is 3.31. The molecule has 2 atom stereocenters. The highest BCUT2D eigenvalue weighted by Gasteiger charge is 2.23. The molecule has 0 saturated heterocycles. The van der Waals surface area contributed by atoms with Gasteiger partial charge in [-0.2, -0.15) is 11.8 Å². The number of benzene rings is 1. The monoisotopic (exact) mass is 303 g/mol. The standard InChI is InChI=1S/C17H25N3S/c1-3-10-20-16-7-5-4-6-15(16)19-17(20)12-18-13-8-9-14(11-13)21-2/h4-7,13-14,18H,3,8-12H2,1-2H3. The first-order chi connectivity index (χ1) is 10.3. The molecule has 1 aromatic heterocycles. The number of hydrogen-bond donors (Lipinski definition) is 1. The maximum absolute atomic E-state index is 4.83. The van der Waals surface area contributed by atoms with Gasteiger partial charge >= 0.3 is 0 Å². The minimum Gasteiger partial charge on any atom is -0.327 e. The molecule has 0 radical (unpaired) electrons. The Bertz CT molecular complexity index is 593. The molecule has 1 aliphatic rings. The molecule has 4 heteroatoms. The second-order valence-electron chi connectivity index (χ2n) is 5.92. The molecule has 2 aromatic rings. The van der Waals surface area contributed by atoms with Gasteiger partial charge in [0.05, 0.1) is 17.6 Å². The third kappa shape index (κ3) is 3.27. The average Bonchev–Trinajstić information content (AvgIpc) is 3.10. The fourth-order valence-corrected chi connectivity index (χ4v) is 4.11. The summed E-state index contributed by atoms with van der Waals surface area (Å²) >= 11 is 2.01. The van der Waals surface area contributed by atoms with Crippen LogP contribution in [0.2, 0.25) is 0 Å². The summed E-state index contributed by atoms with van der Waals surface area (Å²) in [7, 11) is 0. The van der Waals surface area contributed by atoms with Gasteiger partial charge in [0.15, 0.2) is 0 Å². The Hall–Kier alpha value is -1.00. The van der Waals surface area contributed by atoms with Gasteiger partial charge in [0, 0.05) is 17.8 Å². The average molecular weight is 303 g/mol. The molecule has 114 valence electrons. The summed E-state index contributed by atoms with van der Waals surface area (Å²) in [4.78, 5) is 4.83. The summed E-state index contributed by atoms with van der Waals surface area (Å²) in [5.74, 6) is 1.19. The number of fused-ring (bicyclic) bond motifs is 1. The third-order valence-electron chi connectivity index (χ3n) is 4.45. The van der Waals surface area contributed by atoms with Gasteiger partial charge in [-0.15, -0.1) is 0 Å². The van der Waals surface area contributed by atoms with Crippen LogP contribution in [0.4, 0.5) is 0 Å². The minimum absolute atomic E-state index is 0.664. The largest absolute Gasteiger partial charge is 0.327 e. The van der Waals surface area contributed by atoms with E-state index in [0.717, 1.165) is 30.3 Å². The molecule has 3 nitrogen and oxygen atoms in total. The number of imidazole rings is 1. The molecule has 21 heavy (non-hydrogen) atoms. The lowest BCUT2D eigenvalue weighted by Gasteiger charge is -2.13. The van der Waals surface area contributed by atoms with Gasteiger partial charge < -0.3 is 9.88 Å². The molecule has 0 aliphatic heterocycles. The van der Waals surface area contributed by atoms with Crippen LogP contribution in [-0.4, -0.2) is 27.1 Å². The minimum atomic E-state index is 0.664. The first-order valence-electron chi connectivity index (χ1n) is 8.02. The molecule has 3 rings (SSSR count). The molecule has 0 spiro atoms.